The highest BCUT2D eigenvalue weighted by Gasteiger charge is 2.63. The summed E-state index contributed by atoms with van der Waals surface area (Å²) in [6.45, 7) is 5.75. The fourth-order valence-electron chi connectivity index (χ4n) is 6.61. The smallest absolute Gasteiger partial charge is 0.255 e. The summed E-state index contributed by atoms with van der Waals surface area (Å²) < 4.78 is 15.9. The minimum absolute atomic E-state index is 0.0102. The maximum atomic E-state index is 15.9. The third kappa shape index (κ3) is 4.32. The normalized spacial score (nSPS) is 26.7. The first-order valence-corrected chi connectivity index (χ1v) is 13.2. The van der Waals surface area contributed by atoms with E-state index in [9.17, 15) is 34.8 Å². The number of hydrogen-bond acceptors (Lipinski definition) is 9. The second-order valence-electron chi connectivity index (χ2n) is 11.0. The summed E-state index contributed by atoms with van der Waals surface area (Å²) in [5.41, 5.74) is 1.36. The molecule has 10 nitrogen and oxygen atoms in total. The number of halogens is 1. The van der Waals surface area contributed by atoms with Crippen LogP contribution in [0.2, 0.25) is 0 Å². The number of ketones is 2. The van der Waals surface area contributed by atoms with Crippen molar-refractivity contribution < 1.29 is 39.2 Å². The lowest BCUT2D eigenvalue weighted by molar-refractivity contribution is -0.148. The van der Waals surface area contributed by atoms with E-state index < -0.39 is 69.6 Å². The van der Waals surface area contributed by atoms with Gasteiger partial charge in [0, 0.05) is 29.2 Å². The van der Waals surface area contributed by atoms with Crippen LogP contribution in [0.3, 0.4) is 0 Å². The number of aromatic hydroxyl groups is 1. The van der Waals surface area contributed by atoms with Gasteiger partial charge in [-0.25, -0.2) is 4.39 Å². The van der Waals surface area contributed by atoms with Crippen LogP contribution in [-0.4, -0.2) is 86.5 Å². The molecule has 3 aliphatic carbocycles. The summed E-state index contributed by atoms with van der Waals surface area (Å²) >= 11 is 0. The average Bonchev–Trinajstić information content (AvgIpc) is 2.84. The number of aliphatic hydroxyl groups excluding tert-OH is 2. The van der Waals surface area contributed by atoms with Crippen LogP contribution in [0.1, 0.15) is 54.6 Å². The van der Waals surface area contributed by atoms with Gasteiger partial charge >= 0.3 is 0 Å². The lowest BCUT2D eigenvalue weighted by Gasteiger charge is -2.50. The van der Waals surface area contributed by atoms with Gasteiger partial charge in [-0.05, 0) is 64.9 Å². The van der Waals surface area contributed by atoms with Gasteiger partial charge in [0.15, 0.2) is 11.4 Å². The molecule has 39 heavy (non-hydrogen) atoms. The van der Waals surface area contributed by atoms with Gasteiger partial charge in [0.1, 0.15) is 28.7 Å². The predicted molar refractivity (Wildman–Crippen MR) is 139 cm³/mol. The Hall–Kier alpha value is -3.28. The lowest BCUT2D eigenvalue weighted by Crippen LogP contribution is -2.63. The van der Waals surface area contributed by atoms with Gasteiger partial charge in [0.2, 0.25) is 5.78 Å². The largest absolute Gasteiger partial charge is 0.510 e. The number of primary amides is 1. The zero-order chi connectivity index (χ0) is 29.0. The number of benzene rings is 1. The van der Waals surface area contributed by atoms with E-state index in [1.165, 1.54) is 11.0 Å². The first-order valence-electron chi connectivity index (χ1n) is 13.2. The Kier molecular flexibility index (Phi) is 7.63. The molecule has 6 N–H and O–H groups in total. The summed E-state index contributed by atoms with van der Waals surface area (Å²) in [4.78, 5) is 42.6. The molecule has 212 valence electrons. The number of phenolic OH excluding ortho intramolecular Hbond substituents is 1. The van der Waals surface area contributed by atoms with Crippen LogP contribution in [0, 0.1) is 17.7 Å². The number of amides is 1. The number of carbonyl (C=O) groups is 3. The number of allylic oxidation sites excluding steroid dienone is 1. The summed E-state index contributed by atoms with van der Waals surface area (Å²) in [5, 5.41) is 44.6. The molecular weight excluding hydrogens is 509 g/mol. The number of phenols is 1. The number of nitrogens with zero attached hydrogens (tertiary/aromatic N) is 2. The van der Waals surface area contributed by atoms with E-state index in [2.05, 4.69) is 4.90 Å². The Morgan fingerprint density at radius 3 is 2.31 bits per heavy atom. The van der Waals surface area contributed by atoms with E-state index >= 15 is 4.39 Å². The van der Waals surface area contributed by atoms with Crippen LogP contribution in [0.15, 0.2) is 28.7 Å². The third-order valence-electron chi connectivity index (χ3n) is 8.20. The number of Topliss-reactive ketones (excluding diaryl/α,β-unsaturated/α-hetero) is 2. The molecule has 0 saturated heterocycles. The maximum Gasteiger partial charge on any atom is 0.255 e. The molecule has 0 bridgehead atoms. The van der Waals surface area contributed by atoms with Crippen molar-refractivity contribution in [2.75, 3.05) is 27.2 Å². The van der Waals surface area contributed by atoms with Crippen LogP contribution >= 0.6 is 0 Å². The molecular formula is C28H36FN3O7. The Morgan fingerprint density at radius 2 is 1.77 bits per heavy atom. The molecule has 0 saturated carbocycles. The molecule has 1 aromatic rings. The minimum Gasteiger partial charge on any atom is -0.510 e. The predicted octanol–water partition coefficient (Wildman–Crippen LogP) is 1.88. The summed E-state index contributed by atoms with van der Waals surface area (Å²) in [5.74, 6) is -8.16. The molecule has 11 heteroatoms. The van der Waals surface area contributed by atoms with E-state index in [0.717, 1.165) is 25.9 Å². The SMILES string of the molecule is CCCN(CCC)Cc1cc(O)c2c(c1F)C[C@H]1C[C@H]3[C@H](N(C)C)C(O)=C(C(N)=O)C(=O)[C@@]3(O)C(O)=C1C2=O. The summed E-state index contributed by atoms with van der Waals surface area (Å²) in [6.07, 6.45) is 1.56. The molecule has 0 heterocycles. The van der Waals surface area contributed by atoms with Crippen molar-refractivity contribution in [3.05, 3.63) is 51.2 Å². The Labute approximate surface area is 226 Å². The zero-order valence-electron chi connectivity index (χ0n) is 22.6. The molecule has 4 atom stereocenters. The molecule has 0 aliphatic heterocycles. The van der Waals surface area contributed by atoms with Crippen LogP contribution in [0.5, 0.6) is 5.75 Å². The van der Waals surface area contributed by atoms with E-state index in [0.29, 0.717) is 0 Å². The molecule has 4 rings (SSSR count). The van der Waals surface area contributed by atoms with E-state index in [1.807, 2.05) is 13.8 Å². The van der Waals surface area contributed by atoms with Crippen molar-refractivity contribution in [2.45, 2.75) is 57.7 Å². The van der Waals surface area contributed by atoms with E-state index in [4.69, 9.17) is 5.73 Å². The summed E-state index contributed by atoms with van der Waals surface area (Å²) in [6, 6.07) is 0.110. The Morgan fingerprint density at radius 1 is 1.15 bits per heavy atom. The zero-order valence-corrected chi connectivity index (χ0v) is 22.6. The van der Waals surface area contributed by atoms with Crippen LogP contribution < -0.4 is 5.73 Å². The number of nitrogens with two attached hydrogens (primary N) is 1. The standard InChI is InChI=1S/C28H36FN3O7/c1-5-7-32(8-6-2)12-14-11-17(33)19-15(21(14)29)9-13-10-16-22(31(3)4)24(35)20(27(30)38)26(37)28(16,39)25(36)18(13)23(19)34/h11,13,16,22,33,35-36,39H,5-10,12H2,1-4H3,(H2,30,38)/t13-,16-,22-,28-/m0/s1. The van der Waals surface area contributed by atoms with Gasteiger partial charge < -0.3 is 26.2 Å². The van der Waals surface area contributed by atoms with Gasteiger partial charge in [0.05, 0.1) is 11.6 Å². The second-order valence-corrected chi connectivity index (χ2v) is 11.0. The molecule has 1 amide bonds. The van der Waals surface area contributed by atoms with Crippen molar-refractivity contribution in [3.63, 3.8) is 0 Å². The quantitative estimate of drug-likeness (QED) is 0.307. The van der Waals surface area contributed by atoms with Gasteiger partial charge in [-0.2, -0.15) is 0 Å². The maximum absolute atomic E-state index is 15.9. The van der Waals surface area contributed by atoms with Crippen molar-refractivity contribution >= 4 is 17.5 Å². The number of rotatable bonds is 8. The highest BCUT2D eigenvalue weighted by molar-refractivity contribution is 6.24. The first-order chi connectivity index (χ1) is 18.3. The van der Waals surface area contributed by atoms with Crippen molar-refractivity contribution in [1.82, 2.24) is 9.80 Å². The van der Waals surface area contributed by atoms with Crippen LogP contribution in [-0.2, 0) is 22.6 Å². The van der Waals surface area contributed by atoms with E-state index in [-0.39, 0.29) is 41.6 Å². The van der Waals surface area contributed by atoms with Crippen LogP contribution in [0.25, 0.3) is 0 Å². The number of likely N-dealkylation sites (N-methyl/N-ethyl adjacent to an activating group) is 1. The number of aliphatic hydroxyl groups is 3. The number of hydrogen-bond donors (Lipinski definition) is 5. The molecule has 1 aromatic carbocycles. The van der Waals surface area contributed by atoms with Gasteiger partial charge in [-0.1, -0.05) is 13.8 Å². The topological polar surface area (TPSA) is 165 Å². The van der Waals surface area contributed by atoms with E-state index in [1.54, 1.807) is 14.1 Å². The van der Waals surface area contributed by atoms with Gasteiger partial charge in [0.25, 0.3) is 5.91 Å². The molecule has 0 radical (unpaired) electrons. The third-order valence-corrected chi connectivity index (χ3v) is 8.20. The Bertz CT molecular complexity index is 1300. The minimum atomic E-state index is -2.72. The first kappa shape index (κ1) is 28.7. The highest BCUT2D eigenvalue weighted by atomic mass is 19.1. The average molecular weight is 546 g/mol. The molecule has 0 spiro atoms. The molecule has 3 aliphatic rings. The van der Waals surface area contributed by atoms with Gasteiger partial charge in [-0.3, -0.25) is 24.2 Å². The fraction of sp³-hybridized carbons (Fsp3) is 0.536. The second kappa shape index (κ2) is 10.4. The van der Waals surface area contributed by atoms with Crippen LogP contribution in [0.4, 0.5) is 4.39 Å². The molecule has 0 aromatic heterocycles. The number of fused-ring (bicyclic) bond motifs is 3. The van der Waals surface area contributed by atoms with Crippen molar-refractivity contribution in [2.24, 2.45) is 17.6 Å². The number of carbonyl (C=O) groups excluding carboxylic acids is 3. The van der Waals surface area contributed by atoms with Crippen molar-refractivity contribution in [1.29, 1.82) is 0 Å². The molecule has 0 unspecified atom stereocenters. The summed E-state index contributed by atoms with van der Waals surface area (Å²) in [7, 11) is 3.10. The van der Waals surface area contributed by atoms with Crippen molar-refractivity contribution in [3.8, 4) is 5.75 Å². The monoisotopic (exact) mass is 545 g/mol. The highest BCUT2D eigenvalue weighted by Crippen LogP contribution is 2.52. The molecule has 0 fully saturated rings. The fourth-order valence-corrected chi connectivity index (χ4v) is 6.61. The lowest BCUT2D eigenvalue weighted by atomic mass is 9.58. The van der Waals surface area contributed by atoms with Gasteiger partial charge in [-0.15, -0.1) is 0 Å². The Balaban J connectivity index is 1.86.